The first-order valence-corrected chi connectivity index (χ1v) is 9.23. The molecule has 7 heteroatoms. The lowest BCUT2D eigenvalue weighted by Crippen LogP contribution is -2.16. The van der Waals surface area contributed by atoms with Crippen molar-refractivity contribution < 1.29 is 9.21 Å². The van der Waals surface area contributed by atoms with E-state index in [0.29, 0.717) is 28.6 Å². The van der Waals surface area contributed by atoms with Crippen LogP contribution in [0.1, 0.15) is 47.0 Å². The van der Waals surface area contributed by atoms with Gasteiger partial charge in [0.1, 0.15) is 5.76 Å². The number of oxazole rings is 1. The van der Waals surface area contributed by atoms with Crippen LogP contribution in [-0.2, 0) is 0 Å². The number of anilines is 1. The zero-order valence-electron chi connectivity index (χ0n) is 16.3. The van der Waals surface area contributed by atoms with Crippen molar-refractivity contribution in [1.82, 2.24) is 14.8 Å². The van der Waals surface area contributed by atoms with Crippen molar-refractivity contribution in [1.29, 1.82) is 5.26 Å². The molecule has 0 spiro atoms. The summed E-state index contributed by atoms with van der Waals surface area (Å²) in [4.78, 5) is 17.2. The van der Waals surface area contributed by atoms with Gasteiger partial charge in [-0.2, -0.15) is 20.0 Å². The molecule has 4 rings (SSSR count). The smallest absolute Gasteiger partial charge is 0.323 e. The molecule has 7 nitrogen and oxygen atoms in total. The van der Waals surface area contributed by atoms with Crippen LogP contribution in [0.3, 0.4) is 0 Å². The maximum Gasteiger partial charge on any atom is 0.323 e. The van der Waals surface area contributed by atoms with Crippen molar-refractivity contribution in [3.05, 3.63) is 71.2 Å². The number of fused-ring (bicyclic) bond motifs is 1. The maximum atomic E-state index is 13.0. The van der Waals surface area contributed by atoms with Gasteiger partial charge in [0.05, 0.1) is 29.5 Å². The van der Waals surface area contributed by atoms with Crippen LogP contribution in [0.4, 0.5) is 5.69 Å². The highest BCUT2D eigenvalue weighted by Gasteiger charge is 2.18. The summed E-state index contributed by atoms with van der Waals surface area (Å²) < 4.78 is 7.16. The van der Waals surface area contributed by atoms with Crippen LogP contribution >= 0.6 is 0 Å². The van der Waals surface area contributed by atoms with E-state index in [2.05, 4.69) is 21.5 Å². The van der Waals surface area contributed by atoms with Crippen molar-refractivity contribution in [3.8, 4) is 12.1 Å². The number of rotatable bonds is 4. The molecule has 0 aliphatic rings. The average molecular weight is 385 g/mol. The first-order chi connectivity index (χ1) is 14.0. The Kier molecular flexibility index (Phi) is 4.61. The summed E-state index contributed by atoms with van der Waals surface area (Å²) in [7, 11) is 0. The molecule has 0 saturated carbocycles. The second kappa shape index (κ2) is 7.24. The van der Waals surface area contributed by atoms with Crippen molar-refractivity contribution >= 4 is 22.5 Å². The number of carbonyl (C=O) groups excluding carboxylic acids is 1. The Bertz CT molecular complexity index is 1260. The van der Waals surface area contributed by atoms with Gasteiger partial charge >= 0.3 is 6.01 Å². The van der Waals surface area contributed by atoms with Gasteiger partial charge in [-0.15, -0.1) is 0 Å². The molecule has 0 unspecified atom stereocenters. The van der Waals surface area contributed by atoms with Gasteiger partial charge in [-0.25, -0.2) is 0 Å². The molecule has 0 radical (unpaired) electrons. The van der Waals surface area contributed by atoms with Crippen LogP contribution in [0.15, 0.2) is 53.2 Å². The van der Waals surface area contributed by atoms with Crippen LogP contribution in [-0.4, -0.2) is 20.7 Å². The van der Waals surface area contributed by atoms with E-state index in [0.717, 1.165) is 16.5 Å². The fourth-order valence-corrected chi connectivity index (χ4v) is 3.37. The topological polar surface area (TPSA) is 96.7 Å². The van der Waals surface area contributed by atoms with Gasteiger partial charge in [0.15, 0.2) is 0 Å². The lowest BCUT2D eigenvalue weighted by molar-refractivity contribution is 0.102. The normalized spacial score (nSPS) is 11.0. The molecule has 0 aliphatic carbocycles. The molecule has 4 aromatic rings. The summed E-state index contributed by atoms with van der Waals surface area (Å²) in [5, 5.41) is 17.5. The lowest BCUT2D eigenvalue weighted by atomic mass is 9.92. The zero-order valence-corrected chi connectivity index (χ0v) is 16.3. The van der Waals surface area contributed by atoms with Gasteiger partial charge in [0.25, 0.3) is 5.91 Å². The standard InChI is InChI=1S/C22H19N5O2/c1-13(2)20-15(10-23)5-4-6-18(20)21(28)26-17-8-7-16-12-25-27(19(16)9-17)22-24-11-14(3)29-22/h4-9,11-13H,1-3H3,(H,26,28). The Morgan fingerprint density at radius 3 is 2.76 bits per heavy atom. The second-order valence-corrected chi connectivity index (χ2v) is 7.07. The van der Waals surface area contributed by atoms with Gasteiger partial charge in [0.2, 0.25) is 0 Å². The molecule has 2 heterocycles. The molecule has 29 heavy (non-hydrogen) atoms. The molecule has 2 aromatic heterocycles. The molecule has 0 atom stereocenters. The second-order valence-electron chi connectivity index (χ2n) is 7.07. The Morgan fingerprint density at radius 1 is 1.24 bits per heavy atom. The van der Waals surface area contributed by atoms with E-state index in [1.54, 1.807) is 35.3 Å². The molecule has 0 aliphatic heterocycles. The number of hydrogen-bond donors (Lipinski definition) is 1. The summed E-state index contributed by atoms with van der Waals surface area (Å²) in [6.07, 6.45) is 3.35. The maximum absolute atomic E-state index is 13.0. The number of carbonyl (C=O) groups is 1. The van der Waals surface area contributed by atoms with E-state index in [1.807, 2.05) is 39.0 Å². The minimum atomic E-state index is -0.261. The highest BCUT2D eigenvalue weighted by Crippen LogP contribution is 2.26. The zero-order chi connectivity index (χ0) is 20.5. The largest absolute Gasteiger partial charge is 0.427 e. The number of hydrogen-bond acceptors (Lipinski definition) is 5. The number of nitrogens with zero attached hydrogens (tertiary/aromatic N) is 4. The van der Waals surface area contributed by atoms with Gasteiger partial charge in [-0.05, 0) is 48.7 Å². The third-order valence-corrected chi connectivity index (χ3v) is 4.67. The van der Waals surface area contributed by atoms with Gasteiger partial charge in [0, 0.05) is 16.6 Å². The van der Waals surface area contributed by atoms with Crippen LogP contribution in [0.25, 0.3) is 16.9 Å². The van der Waals surface area contributed by atoms with Crippen molar-refractivity contribution in [2.75, 3.05) is 5.32 Å². The third-order valence-electron chi connectivity index (χ3n) is 4.67. The molecule has 1 amide bonds. The fourth-order valence-electron chi connectivity index (χ4n) is 3.37. The lowest BCUT2D eigenvalue weighted by Gasteiger charge is -2.14. The molecule has 144 valence electrons. The average Bonchev–Trinajstić information content (AvgIpc) is 3.32. The molecular weight excluding hydrogens is 366 g/mol. The highest BCUT2D eigenvalue weighted by atomic mass is 16.4. The number of nitrogens with one attached hydrogen (secondary N) is 1. The number of aromatic nitrogens is 3. The highest BCUT2D eigenvalue weighted by molar-refractivity contribution is 6.06. The van der Waals surface area contributed by atoms with Crippen molar-refractivity contribution in [3.63, 3.8) is 0 Å². The minimum absolute atomic E-state index is 0.0452. The molecule has 2 aromatic carbocycles. The number of nitriles is 1. The van der Waals surface area contributed by atoms with Crippen LogP contribution in [0, 0.1) is 18.3 Å². The van der Waals surface area contributed by atoms with E-state index in [1.165, 1.54) is 0 Å². The Hall–Kier alpha value is -3.92. The molecule has 0 bridgehead atoms. The fraction of sp³-hybridized carbons (Fsp3) is 0.182. The summed E-state index contributed by atoms with van der Waals surface area (Å²) in [5.41, 5.74) is 3.13. The van der Waals surface area contributed by atoms with Crippen LogP contribution in [0.5, 0.6) is 0 Å². The summed E-state index contributed by atoms with van der Waals surface area (Å²) in [6.45, 7) is 5.75. The SMILES string of the molecule is Cc1cnc(-n2ncc3ccc(NC(=O)c4cccc(C#N)c4C(C)C)cc32)o1. The van der Waals surface area contributed by atoms with Crippen LogP contribution < -0.4 is 5.32 Å². The van der Waals surface area contributed by atoms with Crippen molar-refractivity contribution in [2.45, 2.75) is 26.7 Å². The Morgan fingerprint density at radius 2 is 2.07 bits per heavy atom. The first kappa shape index (κ1) is 18.4. The van der Waals surface area contributed by atoms with Crippen LogP contribution in [0.2, 0.25) is 0 Å². The number of benzene rings is 2. The van der Waals surface area contributed by atoms with E-state index in [9.17, 15) is 10.1 Å². The van der Waals surface area contributed by atoms with E-state index in [4.69, 9.17) is 4.42 Å². The Labute approximate surface area is 167 Å². The van der Waals surface area contributed by atoms with Crippen molar-refractivity contribution in [2.24, 2.45) is 0 Å². The van der Waals surface area contributed by atoms with Gasteiger partial charge < -0.3 is 9.73 Å². The van der Waals surface area contributed by atoms with E-state index < -0.39 is 0 Å². The molecule has 1 N–H and O–H groups in total. The van der Waals surface area contributed by atoms with E-state index >= 15 is 0 Å². The predicted octanol–water partition coefficient (Wildman–Crippen LogP) is 4.57. The Balaban J connectivity index is 1.70. The molecular formula is C22H19N5O2. The summed E-state index contributed by atoms with van der Waals surface area (Å²) in [6, 6.07) is 13.2. The quantitative estimate of drug-likeness (QED) is 0.555. The van der Waals surface area contributed by atoms with Gasteiger partial charge in [-0.3, -0.25) is 4.79 Å². The summed E-state index contributed by atoms with van der Waals surface area (Å²) in [5.74, 6) is 0.471. The third kappa shape index (κ3) is 3.36. The molecule has 0 saturated heterocycles. The summed E-state index contributed by atoms with van der Waals surface area (Å²) >= 11 is 0. The number of amides is 1. The van der Waals surface area contributed by atoms with E-state index in [-0.39, 0.29) is 11.8 Å². The monoisotopic (exact) mass is 385 g/mol. The number of aryl methyl sites for hydroxylation is 1. The predicted molar refractivity (Wildman–Crippen MR) is 109 cm³/mol. The van der Waals surface area contributed by atoms with Gasteiger partial charge in [-0.1, -0.05) is 19.9 Å². The minimum Gasteiger partial charge on any atom is -0.427 e. The first-order valence-electron chi connectivity index (χ1n) is 9.23. The molecule has 0 fully saturated rings.